The summed E-state index contributed by atoms with van der Waals surface area (Å²) < 4.78 is 82.3. The number of carbonyl (C=O) groups is 1. The van der Waals surface area contributed by atoms with E-state index in [-0.39, 0.29) is 22.8 Å². The number of aliphatic hydroxyl groups is 3. The van der Waals surface area contributed by atoms with Crippen LogP contribution in [-0.4, -0.2) is 62.2 Å². The summed E-state index contributed by atoms with van der Waals surface area (Å²) in [6.07, 6.45) is -18.0. The van der Waals surface area contributed by atoms with Crippen LogP contribution in [0.3, 0.4) is 0 Å². The molecular formula is C27H38O8. The van der Waals surface area contributed by atoms with Crippen LogP contribution in [0, 0.1) is 5.92 Å². The number of hydrogen-bond donors (Lipinski definition) is 5. The largest absolute Gasteiger partial charge is 0.507 e. The number of rotatable bonds is 9. The summed E-state index contributed by atoms with van der Waals surface area (Å²) in [5.74, 6) is -3.24. The molecule has 1 fully saturated rings. The summed E-state index contributed by atoms with van der Waals surface area (Å²) in [7, 11) is 0. The highest BCUT2D eigenvalue weighted by Gasteiger charge is 2.48. The van der Waals surface area contributed by atoms with Gasteiger partial charge in [0.1, 0.15) is 29.8 Å². The van der Waals surface area contributed by atoms with Gasteiger partial charge in [0.05, 0.1) is 0 Å². The fourth-order valence-corrected chi connectivity index (χ4v) is 4.57. The van der Waals surface area contributed by atoms with E-state index in [1.54, 1.807) is 6.92 Å². The van der Waals surface area contributed by atoms with Crippen LogP contribution >= 0.6 is 0 Å². The van der Waals surface area contributed by atoms with Crippen LogP contribution in [0.2, 0.25) is 0 Å². The lowest BCUT2D eigenvalue weighted by atomic mass is 9.73. The molecule has 1 aliphatic heterocycles. The van der Waals surface area contributed by atoms with E-state index in [0.29, 0.717) is 6.42 Å². The number of phenols is 1. The molecule has 1 heterocycles. The zero-order valence-electron chi connectivity index (χ0n) is 28.6. The van der Waals surface area contributed by atoms with Crippen molar-refractivity contribution in [2.24, 2.45) is 5.92 Å². The Morgan fingerprint density at radius 3 is 2.66 bits per heavy atom. The second-order valence-corrected chi connectivity index (χ2v) is 9.01. The Morgan fingerprint density at radius 1 is 1.26 bits per heavy atom. The van der Waals surface area contributed by atoms with Gasteiger partial charge in [0, 0.05) is 23.8 Å². The number of hydrogen-bond acceptors (Lipinski definition) is 7. The first kappa shape index (κ1) is 17.1. The van der Waals surface area contributed by atoms with E-state index in [0.717, 1.165) is 29.7 Å². The molecule has 3 rings (SSSR count). The van der Waals surface area contributed by atoms with Gasteiger partial charge in [-0.05, 0) is 63.1 Å². The molecule has 5 N–H and O–H groups in total. The molecule has 35 heavy (non-hydrogen) atoms. The predicted molar refractivity (Wildman–Crippen MR) is 130 cm³/mol. The van der Waals surface area contributed by atoms with Crippen LogP contribution in [0.15, 0.2) is 35.9 Å². The number of aromatic hydroxyl groups is 1. The van der Waals surface area contributed by atoms with Crippen LogP contribution in [-0.2, 0) is 16.0 Å². The standard InChI is InChI=1S/C27H38O8/c1-5-6-7-8-16-12-19(28)21(18-11-15(4)9-10-17(18)14(2)3)20(13-16)34-27-24(31)22(29)23(30)25(35-27)26(32)33/h11-13,17-18,22-25,27-31H,2,5-10H2,1,3-4H3,(H,32,33)/t17-,18+,22-,23-,24+,25-,27+/m0/s1/i1D3,5D2,6D2,7D2. The summed E-state index contributed by atoms with van der Waals surface area (Å²) in [5.41, 5.74) is 1.64. The first-order valence-corrected chi connectivity index (χ1v) is 11.2. The Labute approximate surface area is 219 Å². The topological polar surface area (TPSA) is 137 Å². The molecule has 1 aromatic rings. The smallest absolute Gasteiger partial charge is 0.335 e. The Hall–Kier alpha value is -2.39. The average molecular weight is 500 g/mol. The first-order chi connectivity index (χ1) is 19.9. The second-order valence-electron chi connectivity index (χ2n) is 9.01. The third kappa shape index (κ3) is 6.06. The number of benzene rings is 1. The lowest BCUT2D eigenvalue weighted by Crippen LogP contribution is -2.61. The number of allylic oxidation sites excluding steroid dienone is 3. The lowest BCUT2D eigenvalue weighted by Gasteiger charge is -2.39. The first-order valence-electron chi connectivity index (χ1n) is 15.7. The van der Waals surface area contributed by atoms with Crippen molar-refractivity contribution in [1.29, 1.82) is 0 Å². The van der Waals surface area contributed by atoms with E-state index in [1.807, 2.05) is 13.0 Å². The van der Waals surface area contributed by atoms with E-state index in [4.69, 9.17) is 21.8 Å². The number of aliphatic carboxylic acids is 1. The zero-order chi connectivity index (χ0) is 33.7. The maximum atomic E-state index is 11.7. The second kappa shape index (κ2) is 11.6. The average Bonchev–Trinajstić information content (AvgIpc) is 2.87. The summed E-state index contributed by atoms with van der Waals surface area (Å²) in [6.45, 7) is 4.17. The summed E-state index contributed by atoms with van der Waals surface area (Å²) in [6, 6.07) is 2.26. The van der Waals surface area contributed by atoms with Crippen molar-refractivity contribution in [3.8, 4) is 11.5 Å². The molecule has 1 aromatic carbocycles. The predicted octanol–water partition coefficient (Wildman–Crippen LogP) is 3.41. The number of phenolic OH excluding ortho intramolecular Hbond substituents is 1. The van der Waals surface area contributed by atoms with Gasteiger partial charge in [0.15, 0.2) is 6.10 Å². The van der Waals surface area contributed by atoms with Crippen molar-refractivity contribution in [1.82, 2.24) is 0 Å². The van der Waals surface area contributed by atoms with Crippen molar-refractivity contribution < 1.29 is 52.1 Å². The van der Waals surface area contributed by atoms with E-state index < -0.39 is 80.7 Å². The van der Waals surface area contributed by atoms with Crippen molar-refractivity contribution >= 4 is 5.97 Å². The highest BCUT2D eigenvalue weighted by Crippen LogP contribution is 2.47. The maximum absolute atomic E-state index is 11.7. The number of aliphatic hydroxyl groups excluding tert-OH is 3. The monoisotopic (exact) mass is 499 g/mol. The molecular weight excluding hydrogens is 452 g/mol. The summed E-state index contributed by atoms with van der Waals surface area (Å²) >= 11 is 0. The van der Waals surface area contributed by atoms with Crippen LogP contribution in [0.1, 0.15) is 82.0 Å². The molecule has 0 aromatic heterocycles. The summed E-state index contributed by atoms with van der Waals surface area (Å²) in [4.78, 5) is 11.7. The van der Waals surface area contributed by atoms with Crippen LogP contribution in [0.4, 0.5) is 0 Å². The van der Waals surface area contributed by atoms with Gasteiger partial charge in [-0.25, -0.2) is 4.79 Å². The van der Waals surface area contributed by atoms with E-state index in [1.165, 1.54) is 0 Å². The van der Waals surface area contributed by atoms with Gasteiger partial charge in [-0.15, -0.1) is 0 Å². The van der Waals surface area contributed by atoms with Gasteiger partial charge >= 0.3 is 5.97 Å². The third-order valence-electron chi connectivity index (χ3n) is 6.39. The number of ether oxygens (including phenoxy) is 2. The maximum Gasteiger partial charge on any atom is 0.335 e. The molecule has 2 aliphatic rings. The van der Waals surface area contributed by atoms with Gasteiger partial charge in [-0.2, -0.15) is 0 Å². The molecule has 0 unspecified atom stereocenters. The zero-order valence-corrected chi connectivity index (χ0v) is 19.6. The molecule has 8 nitrogen and oxygen atoms in total. The van der Waals surface area contributed by atoms with Crippen molar-refractivity contribution in [2.75, 3.05) is 0 Å². The Kier molecular flexibility index (Phi) is 5.66. The van der Waals surface area contributed by atoms with Crippen LogP contribution < -0.4 is 4.74 Å². The fraction of sp³-hybridized carbons (Fsp3) is 0.593. The van der Waals surface area contributed by atoms with Crippen molar-refractivity contribution in [3.63, 3.8) is 0 Å². The van der Waals surface area contributed by atoms with Crippen molar-refractivity contribution in [3.05, 3.63) is 47.1 Å². The number of carboxylic acids is 1. The molecule has 0 amide bonds. The molecule has 8 heteroatoms. The highest BCUT2D eigenvalue weighted by atomic mass is 16.7. The van der Waals surface area contributed by atoms with E-state index >= 15 is 0 Å². The van der Waals surface area contributed by atoms with Gasteiger partial charge in [-0.1, -0.05) is 43.4 Å². The Morgan fingerprint density at radius 2 is 2.00 bits per heavy atom. The van der Waals surface area contributed by atoms with Gasteiger partial charge in [0.2, 0.25) is 6.29 Å². The van der Waals surface area contributed by atoms with Gasteiger partial charge in [-0.3, -0.25) is 0 Å². The molecule has 194 valence electrons. The SMILES string of the molecule is [2H]C([2H])([2H])C([2H])([2H])C([2H])([2H])C([2H])([2H])Cc1cc(O)c([C@@H]2C=C(C)CC[C@H]2C(=C)C)c(O[C@@H]2O[C@H](C(=O)O)[C@@H](O)[C@H](O)[C@H]2O)c1. The molecule has 1 aliphatic carbocycles. The van der Waals surface area contributed by atoms with Crippen LogP contribution in [0.5, 0.6) is 11.5 Å². The van der Waals surface area contributed by atoms with Crippen molar-refractivity contribution in [2.45, 2.75) is 95.7 Å². The minimum absolute atomic E-state index is 0.102. The normalized spacial score (nSPS) is 36.4. The van der Waals surface area contributed by atoms with Gasteiger partial charge in [0.25, 0.3) is 0 Å². The van der Waals surface area contributed by atoms with Gasteiger partial charge < -0.3 is 35.0 Å². The molecule has 0 saturated carbocycles. The minimum Gasteiger partial charge on any atom is -0.507 e. The minimum atomic E-state index is -3.62. The molecule has 0 radical (unpaired) electrons. The molecule has 1 saturated heterocycles. The Bertz CT molecular complexity index is 1300. The van der Waals surface area contributed by atoms with E-state index in [2.05, 4.69) is 6.58 Å². The quantitative estimate of drug-likeness (QED) is 0.326. The lowest BCUT2D eigenvalue weighted by molar-refractivity contribution is -0.271. The highest BCUT2D eigenvalue weighted by molar-refractivity contribution is 5.73. The number of carboxylic acid groups (broad SMARTS) is 1. The molecule has 7 atom stereocenters. The third-order valence-corrected chi connectivity index (χ3v) is 6.39. The Balaban J connectivity index is 2.17. The number of aryl methyl sites for hydroxylation is 1. The van der Waals surface area contributed by atoms with Crippen LogP contribution in [0.25, 0.3) is 0 Å². The fourth-order valence-electron chi connectivity index (χ4n) is 4.57. The molecule has 0 bridgehead atoms. The van der Waals surface area contributed by atoms with E-state index in [9.17, 15) is 30.3 Å². The molecule has 0 spiro atoms. The summed E-state index contributed by atoms with van der Waals surface area (Å²) in [5, 5.41) is 51.8.